The van der Waals surface area contributed by atoms with Crippen LogP contribution in [0.2, 0.25) is 0 Å². The molecule has 0 saturated carbocycles. The first-order valence-electron chi connectivity index (χ1n) is 7.36. The summed E-state index contributed by atoms with van der Waals surface area (Å²) in [5.41, 5.74) is 0. The summed E-state index contributed by atoms with van der Waals surface area (Å²) in [6.07, 6.45) is 6.21. The molecule has 0 radical (unpaired) electrons. The van der Waals surface area contributed by atoms with Crippen molar-refractivity contribution < 1.29 is 4.79 Å². The molecule has 8 nitrogen and oxygen atoms in total. The molecule has 22 heavy (non-hydrogen) atoms. The van der Waals surface area contributed by atoms with Gasteiger partial charge in [-0.3, -0.25) is 4.79 Å². The van der Waals surface area contributed by atoms with Crippen LogP contribution in [0.1, 0.15) is 12.2 Å². The second-order valence-electron chi connectivity index (χ2n) is 5.27. The number of nitrogens with zero attached hydrogens (tertiary/aromatic N) is 7. The Labute approximate surface area is 128 Å². The van der Waals surface area contributed by atoms with Gasteiger partial charge in [0.2, 0.25) is 11.9 Å². The lowest BCUT2D eigenvalue weighted by atomic mass is 10.2. The van der Waals surface area contributed by atoms with Crippen LogP contribution >= 0.6 is 0 Å². The summed E-state index contributed by atoms with van der Waals surface area (Å²) in [5.74, 6) is 1.73. The van der Waals surface area contributed by atoms with E-state index in [4.69, 9.17) is 0 Å². The first kappa shape index (κ1) is 14.4. The number of aryl methyl sites for hydroxylation is 2. The summed E-state index contributed by atoms with van der Waals surface area (Å²) in [4.78, 5) is 24.8. The van der Waals surface area contributed by atoms with Gasteiger partial charge < -0.3 is 14.4 Å². The Balaban J connectivity index is 1.49. The summed E-state index contributed by atoms with van der Waals surface area (Å²) < 4.78 is 1.85. The second-order valence-corrected chi connectivity index (χ2v) is 5.27. The van der Waals surface area contributed by atoms with Crippen molar-refractivity contribution in [2.24, 2.45) is 7.05 Å². The summed E-state index contributed by atoms with van der Waals surface area (Å²) in [5, 5.41) is 7.83. The fourth-order valence-corrected chi connectivity index (χ4v) is 2.52. The molecule has 0 aliphatic carbocycles. The van der Waals surface area contributed by atoms with E-state index in [0.29, 0.717) is 25.9 Å². The molecule has 8 heteroatoms. The number of piperazine rings is 1. The lowest BCUT2D eigenvalue weighted by Crippen LogP contribution is -2.49. The minimum atomic E-state index is 0.164. The number of amides is 1. The van der Waals surface area contributed by atoms with Crippen LogP contribution < -0.4 is 4.90 Å². The Bertz CT molecular complexity index is 619. The van der Waals surface area contributed by atoms with Gasteiger partial charge in [-0.25, -0.2) is 9.97 Å². The van der Waals surface area contributed by atoms with Crippen LogP contribution in [-0.2, 0) is 18.3 Å². The van der Waals surface area contributed by atoms with Gasteiger partial charge in [0, 0.05) is 58.5 Å². The quantitative estimate of drug-likeness (QED) is 0.784. The van der Waals surface area contributed by atoms with E-state index in [0.717, 1.165) is 24.9 Å². The number of hydrogen-bond acceptors (Lipinski definition) is 6. The molecule has 0 atom stereocenters. The topological polar surface area (TPSA) is 80.0 Å². The highest BCUT2D eigenvalue weighted by Gasteiger charge is 2.22. The Morgan fingerprint density at radius 3 is 2.55 bits per heavy atom. The van der Waals surface area contributed by atoms with Gasteiger partial charge in [-0.05, 0) is 6.07 Å². The second kappa shape index (κ2) is 6.50. The molecular formula is C14H19N7O. The maximum absolute atomic E-state index is 12.3. The fraction of sp³-hybridized carbons (Fsp3) is 0.500. The Kier molecular flexibility index (Phi) is 4.27. The number of hydrogen-bond donors (Lipinski definition) is 0. The van der Waals surface area contributed by atoms with Crippen LogP contribution in [0.15, 0.2) is 24.8 Å². The lowest BCUT2D eigenvalue weighted by Gasteiger charge is -2.34. The maximum Gasteiger partial charge on any atom is 0.225 e. The van der Waals surface area contributed by atoms with Gasteiger partial charge in [0.05, 0.1) is 0 Å². The van der Waals surface area contributed by atoms with E-state index in [1.165, 1.54) is 0 Å². The standard InChI is InChI=1S/C14H19N7O/c1-19-11-17-18-12(19)3-4-13(22)20-7-9-21(10-8-20)14-15-5-2-6-16-14/h2,5-6,11H,3-4,7-10H2,1H3. The van der Waals surface area contributed by atoms with Gasteiger partial charge in [0.15, 0.2) is 0 Å². The first-order valence-corrected chi connectivity index (χ1v) is 7.36. The lowest BCUT2D eigenvalue weighted by molar-refractivity contribution is -0.131. The molecule has 1 aliphatic rings. The average Bonchev–Trinajstić information content (AvgIpc) is 2.99. The van der Waals surface area contributed by atoms with E-state index in [-0.39, 0.29) is 5.91 Å². The van der Waals surface area contributed by atoms with Crippen LogP contribution in [0, 0.1) is 0 Å². The predicted octanol–water partition coefficient (Wildman–Crippen LogP) is -0.114. The highest BCUT2D eigenvalue weighted by atomic mass is 16.2. The van der Waals surface area contributed by atoms with Gasteiger partial charge in [-0.2, -0.15) is 0 Å². The molecule has 0 spiro atoms. The normalized spacial score (nSPS) is 15.1. The molecule has 1 aliphatic heterocycles. The third-order valence-electron chi connectivity index (χ3n) is 3.83. The predicted molar refractivity (Wildman–Crippen MR) is 80.1 cm³/mol. The molecular weight excluding hydrogens is 282 g/mol. The first-order chi connectivity index (χ1) is 10.7. The molecule has 3 rings (SSSR count). The summed E-state index contributed by atoms with van der Waals surface area (Å²) in [7, 11) is 1.89. The largest absolute Gasteiger partial charge is 0.339 e. The highest BCUT2D eigenvalue weighted by molar-refractivity contribution is 5.76. The van der Waals surface area contributed by atoms with Crippen molar-refractivity contribution in [3.05, 3.63) is 30.6 Å². The Morgan fingerprint density at radius 2 is 1.91 bits per heavy atom. The van der Waals surface area contributed by atoms with Crippen LogP contribution in [0.5, 0.6) is 0 Å². The molecule has 3 heterocycles. The SMILES string of the molecule is Cn1cnnc1CCC(=O)N1CCN(c2ncccn2)CC1. The number of carbonyl (C=O) groups is 1. The number of anilines is 1. The van der Waals surface area contributed by atoms with Crippen molar-refractivity contribution in [2.45, 2.75) is 12.8 Å². The molecule has 1 fully saturated rings. The molecule has 0 bridgehead atoms. The Hall–Kier alpha value is -2.51. The van der Waals surface area contributed by atoms with Gasteiger partial charge in [0.25, 0.3) is 0 Å². The molecule has 1 saturated heterocycles. The summed E-state index contributed by atoms with van der Waals surface area (Å²) in [6, 6.07) is 1.80. The van der Waals surface area contributed by atoms with Crippen LogP contribution in [0.3, 0.4) is 0 Å². The third kappa shape index (κ3) is 3.21. The van der Waals surface area contributed by atoms with Gasteiger partial charge in [-0.15, -0.1) is 10.2 Å². The zero-order valence-corrected chi connectivity index (χ0v) is 12.6. The van der Waals surface area contributed by atoms with Crippen LogP contribution in [0.4, 0.5) is 5.95 Å². The van der Waals surface area contributed by atoms with E-state index >= 15 is 0 Å². The van der Waals surface area contributed by atoms with Crippen LogP contribution in [-0.4, -0.2) is 61.7 Å². The fourth-order valence-electron chi connectivity index (χ4n) is 2.52. The maximum atomic E-state index is 12.3. The van der Waals surface area contributed by atoms with Crippen molar-refractivity contribution in [3.8, 4) is 0 Å². The van der Waals surface area contributed by atoms with Crippen molar-refractivity contribution in [3.63, 3.8) is 0 Å². The molecule has 116 valence electrons. The van der Waals surface area contributed by atoms with Crippen molar-refractivity contribution in [1.82, 2.24) is 29.6 Å². The zero-order chi connectivity index (χ0) is 15.4. The smallest absolute Gasteiger partial charge is 0.225 e. The van der Waals surface area contributed by atoms with Gasteiger partial charge >= 0.3 is 0 Å². The molecule has 1 amide bonds. The molecule has 2 aromatic rings. The van der Waals surface area contributed by atoms with E-state index in [2.05, 4.69) is 25.1 Å². The highest BCUT2D eigenvalue weighted by Crippen LogP contribution is 2.11. The Morgan fingerprint density at radius 1 is 1.18 bits per heavy atom. The summed E-state index contributed by atoms with van der Waals surface area (Å²) >= 11 is 0. The van der Waals surface area contributed by atoms with E-state index in [1.807, 2.05) is 16.5 Å². The molecule has 0 N–H and O–H groups in total. The monoisotopic (exact) mass is 301 g/mol. The van der Waals surface area contributed by atoms with Crippen molar-refractivity contribution >= 4 is 11.9 Å². The molecule has 0 aromatic carbocycles. The number of carbonyl (C=O) groups excluding carboxylic acids is 1. The van der Waals surface area contributed by atoms with Gasteiger partial charge in [-0.1, -0.05) is 0 Å². The zero-order valence-electron chi connectivity index (χ0n) is 12.6. The minimum Gasteiger partial charge on any atom is -0.339 e. The third-order valence-corrected chi connectivity index (χ3v) is 3.83. The average molecular weight is 301 g/mol. The van der Waals surface area contributed by atoms with E-state index < -0.39 is 0 Å². The van der Waals surface area contributed by atoms with Crippen molar-refractivity contribution in [1.29, 1.82) is 0 Å². The van der Waals surface area contributed by atoms with E-state index in [1.54, 1.807) is 24.8 Å². The summed E-state index contributed by atoms with van der Waals surface area (Å²) in [6.45, 7) is 2.94. The number of rotatable bonds is 4. The minimum absolute atomic E-state index is 0.164. The molecule has 0 unspecified atom stereocenters. The van der Waals surface area contributed by atoms with Gasteiger partial charge in [0.1, 0.15) is 12.2 Å². The number of aromatic nitrogens is 5. The van der Waals surface area contributed by atoms with Crippen molar-refractivity contribution in [2.75, 3.05) is 31.1 Å². The van der Waals surface area contributed by atoms with Crippen LogP contribution in [0.25, 0.3) is 0 Å². The molecule has 2 aromatic heterocycles. The van der Waals surface area contributed by atoms with E-state index in [9.17, 15) is 4.79 Å².